The minimum absolute atomic E-state index is 0.0861. The van der Waals surface area contributed by atoms with Crippen LogP contribution in [0.2, 0.25) is 0 Å². The Morgan fingerprint density at radius 2 is 1.88 bits per heavy atom. The first-order valence-corrected chi connectivity index (χ1v) is 8.90. The number of amides is 1. The van der Waals surface area contributed by atoms with E-state index in [1.807, 2.05) is 0 Å². The van der Waals surface area contributed by atoms with Gasteiger partial charge in [0.05, 0.1) is 16.9 Å². The molecule has 8 nitrogen and oxygen atoms in total. The van der Waals surface area contributed by atoms with Crippen molar-refractivity contribution < 1.29 is 26.9 Å². The first kappa shape index (κ1) is 19.2. The van der Waals surface area contributed by atoms with E-state index in [0.29, 0.717) is 10.4 Å². The number of carbonyl (C=O) groups excluding carboxylic acids is 1. The van der Waals surface area contributed by atoms with Gasteiger partial charge in [0.2, 0.25) is 15.9 Å². The SMILES string of the molecule is CS(=O)(=O)N(CC(=O)Nc1cccc([N+](=O)[O-])c1)c1ccc(F)c(F)c1. The van der Waals surface area contributed by atoms with Gasteiger partial charge in [0.1, 0.15) is 6.54 Å². The summed E-state index contributed by atoms with van der Waals surface area (Å²) in [6, 6.07) is 7.45. The summed E-state index contributed by atoms with van der Waals surface area (Å²) >= 11 is 0. The Bertz CT molecular complexity index is 966. The van der Waals surface area contributed by atoms with E-state index in [1.165, 1.54) is 18.2 Å². The summed E-state index contributed by atoms with van der Waals surface area (Å²) < 4.78 is 50.8. The van der Waals surface area contributed by atoms with Gasteiger partial charge in [-0.15, -0.1) is 0 Å². The molecule has 1 amide bonds. The number of carbonyl (C=O) groups is 1. The van der Waals surface area contributed by atoms with Gasteiger partial charge in [-0.05, 0) is 18.2 Å². The number of benzene rings is 2. The number of sulfonamides is 1. The van der Waals surface area contributed by atoms with Crippen molar-refractivity contribution in [2.75, 3.05) is 22.4 Å². The number of nitro benzene ring substituents is 1. The summed E-state index contributed by atoms with van der Waals surface area (Å²) in [7, 11) is -3.98. The molecule has 0 saturated heterocycles. The third kappa shape index (κ3) is 4.72. The third-order valence-electron chi connectivity index (χ3n) is 3.22. The fraction of sp³-hybridized carbons (Fsp3) is 0.133. The standard InChI is InChI=1S/C15H13F2N3O5S/c1-26(24,25)19(11-5-6-13(16)14(17)8-11)9-15(21)18-10-3-2-4-12(7-10)20(22)23/h2-8H,9H2,1H3,(H,18,21). The van der Waals surface area contributed by atoms with Crippen LogP contribution < -0.4 is 9.62 Å². The van der Waals surface area contributed by atoms with Crippen LogP contribution in [0.25, 0.3) is 0 Å². The summed E-state index contributed by atoms with van der Waals surface area (Å²) in [5.41, 5.74) is -0.410. The van der Waals surface area contributed by atoms with Gasteiger partial charge < -0.3 is 5.32 Å². The Kier molecular flexibility index (Phi) is 5.50. The van der Waals surface area contributed by atoms with Gasteiger partial charge in [0.15, 0.2) is 11.6 Å². The van der Waals surface area contributed by atoms with Gasteiger partial charge in [0.25, 0.3) is 5.69 Å². The number of hydrogen-bond acceptors (Lipinski definition) is 5. The van der Waals surface area contributed by atoms with Crippen molar-refractivity contribution in [1.82, 2.24) is 0 Å². The van der Waals surface area contributed by atoms with E-state index >= 15 is 0 Å². The molecule has 0 unspecified atom stereocenters. The van der Waals surface area contributed by atoms with E-state index in [0.717, 1.165) is 24.5 Å². The fourth-order valence-electron chi connectivity index (χ4n) is 2.07. The molecule has 0 aliphatic heterocycles. The van der Waals surface area contributed by atoms with E-state index < -0.39 is 39.0 Å². The number of non-ortho nitro benzene ring substituents is 1. The first-order valence-electron chi connectivity index (χ1n) is 7.05. The maximum absolute atomic E-state index is 13.4. The van der Waals surface area contributed by atoms with Crippen molar-refractivity contribution in [2.24, 2.45) is 0 Å². The quantitative estimate of drug-likeness (QED) is 0.606. The highest BCUT2D eigenvalue weighted by atomic mass is 32.2. The number of halogens is 2. The maximum atomic E-state index is 13.4. The molecule has 26 heavy (non-hydrogen) atoms. The van der Waals surface area contributed by atoms with Gasteiger partial charge in [-0.2, -0.15) is 0 Å². The van der Waals surface area contributed by atoms with Gasteiger partial charge in [-0.3, -0.25) is 19.2 Å². The van der Waals surface area contributed by atoms with Crippen LogP contribution in [0.15, 0.2) is 42.5 Å². The molecule has 138 valence electrons. The lowest BCUT2D eigenvalue weighted by Crippen LogP contribution is -2.37. The van der Waals surface area contributed by atoms with Crippen molar-refractivity contribution in [1.29, 1.82) is 0 Å². The smallest absolute Gasteiger partial charge is 0.271 e. The van der Waals surface area contributed by atoms with Crippen LogP contribution in [0.3, 0.4) is 0 Å². The summed E-state index contributed by atoms with van der Waals surface area (Å²) in [5, 5.41) is 13.0. The molecule has 1 N–H and O–H groups in total. The van der Waals surface area contributed by atoms with Crippen molar-refractivity contribution in [3.8, 4) is 0 Å². The predicted molar refractivity (Wildman–Crippen MR) is 90.3 cm³/mol. The van der Waals surface area contributed by atoms with Gasteiger partial charge in [-0.1, -0.05) is 6.07 Å². The molecule has 0 fully saturated rings. The molecule has 2 aromatic rings. The predicted octanol–water partition coefficient (Wildman–Crippen LogP) is 2.28. The lowest BCUT2D eigenvalue weighted by Gasteiger charge is -2.22. The zero-order valence-corrected chi connectivity index (χ0v) is 14.2. The molecule has 0 bridgehead atoms. The molecule has 0 radical (unpaired) electrons. The summed E-state index contributed by atoms with van der Waals surface area (Å²) in [6.45, 7) is -0.730. The number of rotatable bonds is 6. The molecular weight excluding hydrogens is 372 g/mol. The highest BCUT2D eigenvalue weighted by Crippen LogP contribution is 2.21. The van der Waals surface area contributed by atoms with Crippen LogP contribution in [0.1, 0.15) is 0 Å². The second-order valence-corrected chi connectivity index (χ2v) is 7.13. The molecule has 2 rings (SSSR count). The van der Waals surface area contributed by atoms with Crippen LogP contribution in [0.5, 0.6) is 0 Å². The molecule has 11 heteroatoms. The van der Waals surface area contributed by atoms with E-state index in [2.05, 4.69) is 5.32 Å². The number of nitrogens with zero attached hydrogens (tertiary/aromatic N) is 2. The lowest BCUT2D eigenvalue weighted by atomic mass is 10.2. The number of nitrogens with one attached hydrogen (secondary N) is 1. The van der Waals surface area contributed by atoms with Crippen molar-refractivity contribution >= 4 is 33.0 Å². The second kappa shape index (κ2) is 7.44. The summed E-state index contributed by atoms with van der Waals surface area (Å²) in [5.74, 6) is -3.25. The Morgan fingerprint density at radius 3 is 2.46 bits per heavy atom. The largest absolute Gasteiger partial charge is 0.324 e. The molecule has 0 aliphatic rings. The molecule has 0 atom stereocenters. The van der Waals surface area contributed by atoms with E-state index in [4.69, 9.17) is 0 Å². The van der Waals surface area contributed by atoms with Crippen molar-refractivity contribution in [3.05, 3.63) is 64.2 Å². The van der Waals surface area contributed by atoms with Gasteiger partial charge in [-0.25, -0.2) is 17.2 Å². The molecule has 0 spiro atoms. The van der Waals surface area contributed by atoms with Crippen LogP contribution >= 0.6 is 0 Å². The molecule has 0 aromatic heterocycles. The molecule has 0 heterocycles. The number of anilines is 2. The minimum atomic E-state index is -3.98. The monoisotopic (exact) mass is 385 g/mol. The van der Waals surface area contributed by atoms with Crippen LogP contribution in [-0.4, -0.2) is 32.0 Å². The Balaban J connectivity index is 2.23. The Hall–Kier alpha value is -3.08. The molecule has 0 saturated carbocycles. The lowest BCUT2D eigenvalue weighted by molar-refractivity contribution is -0.384. The second-order valence-electron chi connectivity index (χ2n) is 5.22. The topological polar surface area (TPSA) is 110 Å². The van der Waals surface area contributed by atoms with Crippen LogP contribution in [0, 0.1) is 21.7 Å². The summed E-state index contributed by atoms with van der Waals surface area (Å²) in [4.78, 5) is 22.2. The van der Waals surface area contributed by atoms with Gasteiger partial charge in [0, 0.05) is 23.9 Å². The first-order chi connectivity index (χ1) is 12.1. The average Bonchev–Trinajstić information content (AvgIpc) is 2.54. The average molecular weight is 385 g/mol. The van der Waals surface area contributed by atoms with Crippen LogP contribution in [-0.2, 0) is 14.8 Å². The number of nitro groups is 1. The maximum Gasteiger partial charge on any atom is 0.271 e. The number of hydrogen-bond donors (Lipinski definition) is 1. The zero-order valence-electron chi connectivity index (χ0n) is 13.3. The Morgan fingerprint density at radius 1 is 1.19 bits per heavy atom. The molecule has 0 aliphatic carbocycles. The summed E-state index contributed by atoms with van der Waals surface area (Å²) in [6.07, 6.45) is 0.800. The minimum Gasteiger partial charge on any atom is -0.324 e. The highest BCUT2D eigenvalue weighted by Gasteiger charge is 2.22. The third-order valence-corrected chi connectivity index (χ3v) is 4.36. The molecule has 2 aromatic carbocycles. The fourth-order valence-corrected chi connectivity index (χ4v) is 2.92. The highest BCUT2D eigenvalue weighted by molar-refractivity contribution is 7.92. The Labute approximate surface area is 147 Å². The van der Waals surface area contributed by atoms with Crippen molar-refractivity contribution in [2.45, 2.75) is 0 Å². The normalized spacial score (nSPS) is 11.0. The van der Waals surface area contributed by atoms with E-state index in [9.17, 15) is 32.1 Å². The zero-order chi connectivity index (χ0) is 19.5. The molecular formula is C15H13F2N3O5S. The van der Waals surface area contributed by atoms with Crippen molar-refractivity contribution in [3.63, 3.8) is 0 Å². The van der Waals surface area contributed by atoms with Gasteiger partial charge >= 0.3 is 0 Å². The van der Waals surface area contributed by atoms with E-state index in [-0.39, 0.29) is 17.1 Å². The van der Waals surface area contributed by atoms with Crippen LogP contribution in [0.4, 0.5) is 25.8 Å². The van der Waals surface area contributed by atoms with E-state index in [1.54, 1.807) is 0 Å².